The molecular formula is C22H31N3OS. The van der Waals surface area contributed by atoms with E-state index < -0.39 is 0 Å². The van der Waals surface area contributed by atoms with E-state index in [0.29, 0.717) is 6.04 Å². The Kier molecular flexibility index (Phi) is 5.40. The Bertz CT molecular complexity index is 822. The van der Waals surface area contributed by atoms with E-state index in [1.165, 1.54) is 28.7 Å². The highest BCUT2D eigenvalue weighted by Gasteiger charge is 2.29. The van der Waals surface area contributed by atoms with Crippen LogP contribution in [0.1, 0.15) is 56.6 Å². The molecule has 4 nitrogen and oxygen atoms in total. The van der Waals surface area contributed by atoms with Gasteiger partial charge in [-0.25, -0.2) is 4.98 Å². The highest BCUT2D eigenvalue weighted by Crippen LogP contribution is 2.34. The van der Waals surface area contributed by atoms with E-state index in [9.17, 15) is 4.79 Å². The van der Waals surface area contributed by atoms with Gasteiger partial charge >= 0.3 is 0 Å². The van der Waals surface area contributed by atoms with E-state index in [4.69, 9.17) is 4.98 Å². The molecule has 2 aliphatic rings. The molecule has 1 aromatic heterocycles. The second kappa shape index (κ2) is 7.78. The zero-order chi connectivity index (χ0) is 19.0. The topological polar surface area (TPSA) is 45.2 Å². The first-order valence-electron chi connectivity index (χ1n) is 10.4. The third-order valence-electron chi connectivity index (χ3n) is 6.24. The maximum Gasteiger partial charge on any atom is 0.225 e. The van der Waals surface area contributed by atoms with Crippen LogP contribution >= 0.6 is 11.3 Å². The lowest BCUT2D eigenvalue weighted by atomic mass is 9.87. The Morgan fingerprint density at radius 3 is 2.74 bits per heavy atom. The molecule has 2 aromatic rings. The van der Waals surface area contributed by atoms with Crippen molar-refractivity contribution in [3.8, 4) is 0 Å². The van der Waals surface area contributed by atoms with E-state index in [1.807, 2.05) is 0 Å². The molecule has 1 N–H and O–H groups in total. The lowest BCUT2D eigenvalue weighted by Crippen LogP contribution is -2.46. The second-order valence-corrected chi connectivity index (χ2v) is 9.68. The van der Waals surface area contributed by atoms with Crippen LogP contribution in [-0.2, 0) is 4.79 Å². The van der Waals surface area contributed by atoms with Crippen molar-refractivity contribution in [1.29, 1.82) is 0 Å². The van der Waals surface area contributed by atoms with Gasteiger partial charge in [0, 0.05) is 19.1 Å². The SMILES string of the molecule is Cc1cc(C)c2nc(N3CCCC(C(=O)NC4CCC(C)CC4)C3)sc2c1. The molecule has 0 bridgehead atoms. The van der Waals surface area contributed by atoms with Crippen molar-refractivity contribution in [3.05, 3.63) is 23.3 Å². The number of anilines is 1. The molecule has 2 fully saturated rings. The molecule has 0 spiro atoms. The molecule has 1 atom stereocenters. The van der Waals surface area contributed by atoms with Gasteiger partial charge in [0.05, 0.1) is 16.1 Å². The van der Waals surface area contributed by atoms with Crippen LogP contribution in [0.15, 0.2) is 12.1 Å². The molecule has 0 radical (unpaired) electrons. The van der Waals surface area contributed by atoms with Gasteiger partial charge in [-0.2, -0.15) is 0 Å². The fourth-order valence-corrected chi connectivity index (χ4v) is 5.76. The van der Waals surface area contributed by atoms with Crippen molar-refractivity contribution in [3.63, 3.8) is 0 Å². The van der Waals surface area contributed by atoms with Crippen LogP contribution in [-0.4, -0.2) is 30.0 Å². The lowest BCUT2D eigenvalue weighted by Gasteiger charge is -2.34. The summed E-state index contributed by atoms with van der Waals surface area (Å²) in [5.41, 5.74) is 3.64. The van der Waals surface area contributed by atoms with E-state index >= 15 is 0 Å². The maximum absolute atomic E-state index is 12.8. The Morgan fingerprint density at radius 2 is 1.96 bits per heavy atom. The molecule has 146 valence electrons. The van der Waals surface area contributed by atoms with Gasteiger partial charge < -0.3 is 10.2 Å². The van der Waals surface area contributed by atoms with Gasteiger partial charge in [-0.05, 0) is 75.5 Å². The van der Waals surface area contributed by atoms with Crippen LogP contribution in [0.5, 0.6) is 0 Å². The Morgan fingerprint density at radius 1 is 1.19 bits per heavy atom. The third-order valence-corrected chi connectivity index (χ3v) is 7.31. The van der Waals surface area contributed by atoms with Gasteiger partial charge in [-0.15, -0.1) is 0 Å². The van der Waals surface area contributed by atoms with Gasteiger partial charge in [-0.3, -0.25) is 4.79 Å². The number of benzene rings is 1. The predicted octanol–water partition coefficient (Wildman–Crippen LogP) is 4.82. The van der Waals surface area contributed by atoms with Crippen molar-refractivity contribution in [2.24, 2.45) is 11.8 Å². The van der Waals surface area contributed by atoms with Crippen molar-refractivity contribution >= 4 is 32.6 Å². The Balaban J connectivity index is 1.43. The van der Waals surface area contributed by atoms with Crippen LogP contribution < -0.4 is 10.2 Å². The quantitative estimate of drug-likeness (QED) is 0.823. The minimum Gasteiger partial charge on any atom is -0.353 e. The number of nitrogens with zero attached hydrogens (tertiary/aromatic N) is 2. The smallest absolute Gasteiger partial charge is 0.225 e. The van der Waals surface area contributed by atoms with Gasteiger partial charge in [0.1, 0.15) is 0 Å². The van der Waals surface area contributed by atoms with Crippen LogP contribution in [0, 0.1) is 25.7 Å². The summed E-state index contributed by atoms with van der Waals surface area (Å²) in [6.07, 6.45) is 6.82. The summed E-state index contributed by atoms with van der Waals surface area (Å²) in [7, 11) is 0. The highest BCUT2D eigenvalue weighted by molar-refractivity contribution is 7.22. The summed E-state index contributed by atoms with van der Waals surface area (Å²) in [5.74, 6) is 1.16. The van der Waals surface area contributed by atoms with E-state index in [-0.39, 0.29) is 11.8 Å². The summed E-state index contributed by atoms with van der Waals surface area (Å²) in [6.45, 7) is 8.39. The first-order chi connectivity index (χ1) is 13.0. The molecule has 27 heavy (non-hydrogen) atoms. The van der Waals surface area contributed by atoms with Crippen LogP contribution in [0.4, 0.5) is 5.13 Å². The number of hydrogen-bond donors (Lipinski definition) is 1. The largest absolute Gasteiger partial charge is 0.353 e. The first kappa shape index (κ1) is 18.7. The van der Waals surface area contributed by atoms with Crippen molar-refractivity contribution < 1.29 is 4.79 Å². The summed E-state index contributed by atoms with van der Waals surface area (Å²) < 4.78 is 1.26. The number of piperidine rings is 1. The fraction of sp³-hybridized carbons (Fsp3) is 0.636. The highest BCUT2D eigenvalue weighted by atomic mass is 32.1. The molecule has 5 heteroatoms. The zero-order valence-electron chi connectivity index (χ0n) is 16.8. The van der Waals surface area contributed by atoms with Gasteiger partial charge in [0.2, 0.25) is 5.91 Å². The zero-order valence-corrected chi connectivity index (χ0v) is 17.6. The first-order valence-corrected chi connectivity index (χ1v) is 11.2. The van der Waals surface area contributed by atoms with Gasteiger partial charge in [0.15, 0.2) is 5.13 Å². The number of fused-ring (bicyclic) bond motifs is 1. The maximum atomic E-state index is 12.8. The minimum absolute atomic E-state index is 0.0907. The number of aryl methyl sites for hydroxylation is 2. The lowest BCUT2D eigenvalue weighted by molar-refractivity contribution is -0.126. The van der Waals surface area contributed by atoms with E-state index in [2.05, 4.69) is 43.1 Å². The number of carbonyl (C=O) groups excluding carboxylic acids is 1. The Labute approximate surface area is 166 Å². The number of rotatable bonds is 3. The summed E-state index contributed by atoms with van der Waals surface area (Å²) in [6, 6.07) is 4.81. The van der Waals surface area contributed by atoms with Crippen molar-refractivity contribution in [2.45, 2.75) is 65.3 Å². The normalized spacial score (nSPS) is 26.3. The van der Waals surface area contributed by atoms with Gasteiger partial charge in [0.25, 0.3) is 0 Å². The molecule has 1 unspecified atom stereocenters. The molecular weight excluding hydrogens is 354 g/mol. The summed E-state index contributed by atoms with van der Waals surface area (Å²) >= 11 is 1.76. The van der Waals surface area contributed by atoms with Crippen LogP contribution in [0.2, 0.25) is 0 Å². The average Bonchev–Trinajstić information content (AvgIpc) is 3.08. The third kappa shape index (κ3) is 4.13. The molecule has 2 heterocycles. The number of aromatic nitrogens is 1. The van der Waals surface area contributed by atoms with E-state index in [0.717, 1.165) is 55.3 Å². The molecule has 1 amide bonds. The standard InChI is InChI=1S/C22H31N3OS/c1-14-6-8-18(9-7-14)23-21(26)17-5-4-10-25(13-17)22-24-20-16(3)11-15(2)12-19(20)27-22/h11-12,14,17-18H,4-10,13H2,1-3H3,(H,23,26). The number of carbonyl (C=O) groups is 1. The van der Waals surface area contributed by atoms with Gasteiger partial charge in [-0.1, -0.05) is 24.3 Å². The number of hydrogen-bond acceptors (Lipinski definition) is 4. The predicted molar refractivity (Wildman–Crippen MR) is 114 cm³/mol. The van der Waals surface area contributed by atoms with Crippen LogP contribution in [0.3, 0.4) is 0 Å². The fourth-order valence-electron chi connectivity index (χ4n) is 4.58. The molecule has 4 rings (SSSR count). The number of nitrogens with one attached hydrogen (secondary N) is 1. The molecule has 1 saturated carbocycles. The average molecular weight is 386 g/mol. The molecule has 1 aliphatic heterocycles. The Hall–Kier alpha value is -1.62. The van der Waals surface area contributed by atoms with Crippen molar-refractivity contribution in [2.75, 3.05) is 18.0 Å². The number of thiazole rings is 1. The minimum atomic E-state index is 0.0907. The van der Waals surface area contributed by atoms with Crippen molar-refractivity contribution in [1.82, 2.24) is 10.3 Å². The number of amides is 1. The summed E-state index contributed by atoms with van der Waals surface area (Å²) in [5, 5.41) is 4.41. The molecule has 1 aromatic carbocycles. The monoisotopic (exact) mass is 385 g/mol. The van der Waals surface area contributed by atoms with E-state index in [1.54, 1.807) is 11.3 Å². The second-order valence-electron chi connectivity index (χ2n) is 8.68. The summed E-state index contributed by atoms with van der Waals surface area (Å²) in [4.78, 5) is 20.1. The van der Waals surface area contributed by atoms with Crippen LogP contribution in [0.25, 0.3) is 10.2 Å². The molecule has 1 saturated heterocycles. The molecule has 1 aliphatic carbocycles.